The Morgan fingerprint density at radius 1 is 1.12 bits per heavy atom. The Morgan fingerprint density at radius 2 is 1.88 bits per heavy atom. The molecular weight excluding hydrogens is 342 g/mol. The summed E-state index contributed by atoms with van der Waals surface area (Å²) >= 11 is 1.09. The Morgan fingerprint density at radius 3 is 2.60 bits per heavy atom. The summed E-state index contributed by atoms with van der Waals surface area (Å²) in [7, 11) is 0. The topological polar surface area (TPSA) is 116 Å². The van der Waals surface area contributed by atoms with Crippen molar-refractivity contribution in [1.29, 1.82) is 0 Å². The SMILES string of the molecule is CC(NC(=O)Nc1cccc2nsnc12)c1ccc(C(=O)NO)cc1. The van der Waals surface area contributed by atoms with E-state index in [0.29, 0.717) is 16.8 Å². The Kier molecular flexibility index (Phi) is 4.87. The standard InChI is InChI=1S/C16H15N5O3S/c1-9(10-5-7-11(8-6-10)15(22)19-24)17-16(23)18-12-3-2-4-13-14(12)21-25-20-13/h2-9,24H,1H3,(H,19,22)(H2,17,18,23). The van der Waals surface area contributed by atoms with E-state index >= 15 is 0 Å². The molecule has 8 nitrogen and oxygen atoms in total. The molecule has 0 aliphatic rings. The third-order valence-corrected chi connectivity index (χ3v) is 4.20. The van der Waals surface area contributed by atoms with Crippen LogP contribution in [-0.4, -0.2) is 25.9 Å². The number of fused-ring (bicyclic) bond motifs is 1. The van der Waals surface area contributed by atoms with Gasteiger partial charge in [-0.2, -0.15) is 8.75 Å². The first-order valence-electron chi connectivity index (χ1n) is 7.41. The molecule has 3 rings (SSSR count). The van der Waals surface area contributed by atoms with Gasteiger partial charge in [0.2, 0.25) is 0 Å². The molecule has 1 aromatic heterocycles. The van der Waals surface area contributed by atoms with Gasteiger partial charge in [-0.05, 0) is 36.8 Å². The van der Waals surface area contributed by atoms with Crippen molar-refractivity contribution in [2.24, 2.45) is 0 Å². The summed E-state index contributed by atoms with van der Waals surface area (Å²) in [5.41, 5.74) is 4.68. The molecule has 0 saturated carbocycles. The highest BCUT2D eigenvalue weighted by molar-refractivity contribution is 7.00. The molecule has 0 fully saturated rings. The number of amides is 3. The van der Waals surface area contributed by atoms with Crippen LogP contribution in [0.1, 0.15) is 28.9 Å². The number of carbonyl (C=O) groups excluding carboxylic acids is 2. The number of urea groups is 1. The Labute approximate surface area is 147 Å². The second-order valence-electron chi connectivity index (χ2n) is 5.32. The lowest BCUT2D eigenvalue weighted by molar-refractivity contribution is 0.0706. The first-order chi connectivity index (χ1) is 12.1. The van der Waals surface area contributed by atoms with Crippen molar-refractivity contribution >= 4 is 40.4 Å². The van der Waals surface area contributed by atoms with E-state index in [-0.39, 0.29) is 12.1 Å². The smallest absolute Gasteiger partial charge is 0.319 e. The van der Waals surface area contributed by atoms with E-state index in [9.17, 15) is 9.59 Å². The molecule has 1 unspecified atom stereocenters. The van der Waals surface area contributed by atoms with Crippen molar-refractivity contribution in [2.45, 2.75) is 13.0 Å². The van der Waals surface area contributed by atoms with Crippen molar-refractivity contribution in [3.8, 4) is 0 Å². The maximum Gasteiger partial charge on any atom is 0.319 e. The Bertz CT molecular complexity index is 910. The van der Waals surface area contributed by atoms with Crippen LogP contribution in [0.15, 0.2) is 42.5 Å². The number of benzene rings is 2. The van der Waals surface area contributed by atoms with Crippen molar-refractivity contribution in [3.05, 3.63) is 53.6 Å². The van der Waals surface area contributed by atoms with E-state index < -0.39 is 5.91 Å². The lowest BCUT2D eigenvalue weighted by atomic mass is 10.1. The van der Waals surface area contributed by atoms with Crippen molar-refractivity contribution < 1.29 is 14.8 Å². The molecule has 2 aromatic carbocycles. The monoisotopic (exact) mass is 357 g/mol. The van der Waals surface area contributed by atoms with E-state index in [4.69, 9.17) is 5.21 Å². The molecule has 0 bridgehead atoms. The number of aromatic nitrogens is 2. The lowest BCUT2D eigenvalue weighted by Gasteiger charge is -2.15. The average Bonchev–Trinajstić information content (AvgIpc) is 3.11. The van der Waals surface area contributed by atoms with Gasteiger partial charge in [-0.25, -0.2) is 10.3 Å². The van der Waals surface area contributed by atoms with E-state index in [1.807, 2.05) is 13.0 Å². The number of hydrogen-bond acceptors (Lipinski definition) is 6. The Hall–Kier alpha value is -3.04. The van der Waals surface area contributed by atoms with Crippen LogP contribution in [0.2, 0.25) is 0 Å². The molecule has 0 radical (unpaired) electrons. The van der Waals surface area contributed by atoms with Crippen LogP contribution in [0.3, 0.4) is 0 Å². The van der Waals surface area contributed by atoms with Gasteiger partial charge >= 0.3 is 6.03 Å². The molecule has 3 aromatic rings. The number of nitrogens with zero attached hydrogens (tertiary/aromatic N) is 2. The molecule has 25 heavy (non-hydrogen) atoms. The summed E-state index contributed by atoms with van der Waals surface area (Å²) in [5.74, 6) is -0.588. The molecule has 1 heterocycles. The number of anilines is 1. The summed E-state index contributed by atoms with van der Waals surface area (Å²) in [4.78, 5) is 23.5. The summed E-state index contributed by atoms with van der Waals surface area (Å²) in [5, 5.41) is 14.2. The Balaban J connectivity index is 1.66. The third kappa shape index (κ3) is 3.73. The summed E-state index contributed by atoms with van der Waals surface area (Å²) in [6, 6.07) is 11.3. The zero-order valence-corrected chi connectivity index (χ0v) is 14.0. The van der Waals surface area contributed by atoms with Crippen molar-refractivity contribution in [1.82, 2.24) is 19.5 Å². The molecule has 4 N–H and O–H groups in total. The minimum Gasteiger partial charge on any atom is -0.331 e. The fourth-order valence-corrected chi connectivity index (χ4v) is 2.88. The van der Waals surface area contributed by atoms with Gasteiger partial charge in [0.1, 0.15) is 11.0 Å². The van der Waals surface area contributed by atoms with E-state index in [1.54, 1.807) is 41.9 Å². The number of hydrogen-bond donors (Lipinski definition) is 4. The average molecular weight is 357 g/mol. The zero-order chi connectivity index (χ0) is 17.8. The molecular formula is C16H15N5O3S. The van der Waals surface area contributed by atoms with E-state index in [0.717, 1.165) is 22.8 Å². The fourth-order valence-electron chi connectivity index (χ4n) is 2.33. The molecule has 0 aliphatic carbocycles. The third-order valence-electron chi connectivity index (χ3n) is 3.66. The van der Waals surface area contributed by atoms with Crippen molar-refractivity contribution in [2.75, 3.05) is 5.32 Å². The van der Waals surface area contributed by atoms with Gasteiger partial charge in [-0.1, -0.05) is 18.2 Å². The van der Waals surface area contributed by atoms with Gasteiger partial charge in [0.25, 0.3) is 5.91 Å². The van der Waals surface area contributed by atoms with Gasteiger partial charge in [0, 0.05) is 5.56 Å². The van der Waals surface area contributed by atoms with Crippen LogP contribution >= 0.6 is 11.7 Å². The van der Waals surface area contributed by atoms with Crippen LogP contribution < -0.4 is 16.1 Å². The second kappa shape index (κ2) is 7.24. The summed E-state index contributed by atoms with van der Waals surface area (Å²) < 4.78 is 8.31. The largest absolute Gasteiger partial charge is 0.331 e. The molecule has 1 atom stereocenters. The van der Waals surface area contributed by atoms with Crippen molar-refractivity contribution in [3.63, 3.8) is 0 Å². The lowest BCUT2D eigenvalue weighted by Crippen LogP contribution is -2.31. The van der Waals surface area contributed by atoms with Gasteiger partial charge in [0.15, 0.2) is 0 Å². The minimum absolute atomic E-state index is 0.279. The first kappa shape index (κ1) is 16.8. The highest BCUT2D eigenvalue weighted by atomic mass is 32.1. The normalized spacial score (nSPS) is 11.8. The van der Waals surface area contributed by atoms with Gasteiger partial charge in [-0.15, -0.1) is 0 Å². The second-order valence-corrected chi connectivity index (χ2v) is 5.85. The first-order valence-corrected chi connectivity index (χ1v) is 8.14. The quantitative estimate of drug-likeness (QED) is 0.423. The highest BCUT2D eigenvalue weighted by Gasteiger charge is 2.13. The number of rotatable bonds is 4. The molecule has 128 valence electrons. The molecule has 9 heteroatoms. The molecule has 0 spiro atoms. The maximum absolute atomic E-state index is 12.2. The minimum atomic E-state index is -0.588. The number of hydroxylamine groups is 1. The highest BCUT2D eigenvalue weighted by Crippen LogP contribution is 2.21. The van der Waals surface area contributed by atoms with Crippen LogP contribution in [0, 0.1) is 0 Å². The van der Waals surface area contributed by atoms with E-state index in [1.165, 1.54) is 0 Å². The van der Waals surface area contributed by atoms with Crippen LogP contribution in [0.5, 0.6) is 0 Å². The molecule has 3 amide bonds. The zero-order valence-electron chi connectivity index (χ0n) is 13.2. The van der Waals surface area contributed by atoms with Gasteiger partial charge in [0.05, 0.1) is 23.5 Å². The number of nitrogens with one attached hydrogen (secondary N) is 3. The van der Waals surface area contributed by atoms with Crippen LogP contribution in [-0.2, 0) is 0 Å². The molecule has 0 saturated heterocycles. The predicted molar refractivity (Wildman–Crippen MR) is 93.7 cm³/mol. The fraction of sp³-hybridized carbons (Fsp3) is 0.125. The number of carbonyl (C=O) groups is 2. The summed E-state index contributed by atoms with van der Waals surface area (Å²) in [6.07, 6.45) is 0. The van der Waals surface area contributed by atoms with Crippen LogP contribution in [0.25, 0.3) is 11.0 Å². The van der Waals surface area contributed by atoms with Gasteiger partial charge in [-0.3, -0.25) is 10.0 Å². The predicted octanol–water partition coefficient (Wildman–Crippen LogP) is 2.69. The summed E-state index contributed by atoms with van der Waals surface area (Å²) in [6.45, 7) is 1.83. The van der Waals surface area contributed by atoms with E-state index in [2.05, 4.69) is 19.4 Å². The van der Waals surface area contributed by atoms with Crippen LogP contribution in [0.4, 0.5) is 10.5 Å². The molecule has 0 aliphatic heterocycles. The maximum atomic E-state index is 12.2. The van der Waals surface area contributed by atoms with Gasteiger partial charge < -0.3 is 10.6 Å².